The Bertz CT molecular complexity index is 934. The van der Waals surface area contributed by atoms with Crippen LogP contribution in [0.2, 0.25) is 0 Å². The summed E-state index contributed by atoms with van der Waals surface area (Å²) in [5, 5.41) is 18.7. The van der Waals surface area contributed by atoms with Crippen LogP contribution in [0.4, 0.5) is 0 Å². The van der Waals surface area contributed by atoms with E-state index in [2.05, 4.69) is 5.92 Å². The lowest BCUT2D eigenvalue weighted by Crippen LogP contribution is -2.54. The summed E-state index contributed by atoms with van der Waals surface area (Å²) >= 11 is 0. The third-order valence-electron chi connectivity index (χ3n) is 6.30. The van der Waals surface area contributed by atoms with Gasteiger partial charge in [0.05, 0.1) is 16.6 Å². The molecule has 0 aromatic heterocycles. The van der Waals surface area contributed by atoms with Crippen LogP contribution in [0.1, 0.15) is 33.6 Å². The van der Waals surface area contributed by atoms with Gasteiger partial charge < -0.3 is 5.11 Å². The molecule has 0 unspecified atom stereocenters. The number of hydrogen-bond donors (Lipinski definition) is 1. The smallest absolute Gasteiger partial charge is 0.339 e. The lowest BCUT2D eigenvalue weighted by atomic mass is 9.45. The van der Waals surface area contributed by atoms with Crippen molar-refractivity contribution in [1.29, 1.82) is 5.26 Å². The molecule has 3 rings (SSSR count). The maximum atomic E-state index is 12.7. The number of Topliss-reactive ketones (excluding diaryl/α,β-unsaturated/α-hetero) is 1. The van der Waals surface area contributed by atoms with E-state index in [-0.39, 0.29) is 17.1 Å². The fraction of sp³-hybridized carbons (Fsp3) is 0.429. The van der Waals surface area contributed by atoms with Crippen molar-refractivity contribution >= 4 is 17.5 Å². The molecular weight excluding hydrogens is 330 g/mol. The molecule has 5 nitrogen and oxygen atoms in total. The number of terminal acetylenes is 1. The third kappa shape index (κ3) is 2.07. The first-order valence-electron chi connectivity index (χ1n) is 8.42. The van der Waals surface area contributed by atoms with E-state index in [0.29, 0.717) is 18.4 Å². The minimum absolute atomic E-state index is 0.00216. The molecule has 0 heterocycles. The number of aliphatic carboxylic acids is 1. The Morgan fingerprint density at radius 3 is 2.50 bits per heavy atom. The van der Waals surface area contributed by atoms with Gasteiger partial charge in [-0.3, -0.25) is 9.59 Å². The summed E-state index contributed by atoms with van der Waals surface area (Å²) in [6, 6.07) is 1.89. The van der Waals surface area contributed by atoms with Crippen LogP contribution in [-0.4, -0.2) is 22.6 Å². The standard InChI is InChI=1S/C21H19NO4/c1-5-21-7-6-15-19(2,3)17(24)13(18(25)26)10-20(15,4)16(21)8-14(23)12(9-21)11-22/h1,8-10,15H,6-7H2,2-4H3,(H,25,26)/t15-,20-,21-/m0/s1. The first-order valence-corrected chi connectivity index (χ1v) is 8.42. The Morgan fingerprint density at radius 2 is 1.96 bits per heavy atom. The Hall–Kier alpha value is -2.92. The van der Waals surface area contributed by atoms with Crippen LogP contribution in [-0.2, 0) is 14.4 Å². The summed E-state index contributed by atoms with van der Waals surface area (Å²) < 4.78 is 0. The number of allylic oxidation sites excluding steroid dienone is 5. The van der Waals surface area contributed by atoms with Gasteiger partial charge in [0.1, 0.15) is 6.07 Å². The molecule has 132 valence electrons. The first kappa shape index (κ1) is 17.9. The molecule has 1 saturated carbocycles. The van der Waals surface area contributed by atoms with Crippen LogP contribution in [0.15, 0.2) is 34.9 Å². The van der Waals surface area contributed by atoms with Gasteiger partial charge in [-0.15, -0.1) is 6.42 Å². The molecule has 5 heteroatoms. The monoisotopic (exact) mass is 349 g/mol. The summed E-state index contributed by atoms with van der Waals surface area (Å²) in [6.45, 7) is 5.34. The molecule has 1 N–H and O–H groups in total. The molecule has 0 aromatic carbocycles. The van der Waals surface area contributed by atoms with Crippen molar-refractivity contribution in [3.05, 3.63) is 34.9 Å². The van der Waals surface area contributed by atoms with Gasteiger partial charge >= 0.3 is 5.97 Å². The number of carboxylic acids is 1. The second-order valence-corrected chi connectivity index (χ2v) is 8.00. The normalized spacial score (nSPS) is 35.0. The van der Waals surface area contributed by atoms with E-state index in [1.54, 1.807) is 13.8 Å². The van der Waals surface area contributed by atoms with Gasteiger partial charge in [-0.25, -0.2) is 4.79 Å². The minimum Gasteiger partial charge on any atom is -0.478 e. The molecule has 3 aliphatic rings. The fourth-order valence-corrected chi connectivity index (χ4v) is 5.03. The van der Waals surface area contributed by atoms with Gasteiger partial charge in [0.25, 0.3) is 0 Å². The highest BCUT2D eigenvalue weighted by atomic mass is 16.4. The van der Waals surface area contributed by atoms with Crippen LogP contribution in [0.3, 0.4) is 0 Å². The number of nitriles is 1. The molecule has 1 fully saturated rings. The molecule has 0 bridgehead atoms. The summed E-state index contributed by atoms with van der Waals surface area (Å²) in [5.41, 5.74) is -2.34. The van der Waals surface area contributed by atoms with Gasteiger partial charge in [-0.1, -0.05) is 32.8 Å². The molecule has 0 amide bonds. The van der Waals surface area contributed by atoms with Crippen molar-refractivity contribution in [1.82, 2.24) is 0 Å². The third-order valence-corrected chi connectivity index (χ3v) is 6.30. The lowest BCUT2D eigenvalue weighted by Gasteiger charge is -2.56. The van der Waals surface area contributed by atoms with E-state index in [0.717, 1.165) is 0 Å². The molecular formula is C21H19NO4. The molecule has 26 heavy (non-hydrogen) atoms. The second kappa shape index (κ2) is 5.29. The zero-order chi connectivity index (χ0) is 19.5. The Morgan fingerprint density at radius 1 is 1.31 bits per heavy atom. The predicted molar refractivity (Wildman–Crippen MR) is 93.4 cm³/mol. The van der Waals surface area contributed by atoms with Crippen molar-refractivity contribution in [2.24, 2.45) is 22.2 Å². The van der Waals surface area contributed by atoms with Crippen LogP contribution in [0.25, 0.3) is 0 Å². The molecule has 3 aliphatic carbocycles. The number of carboxylic acid groups (broad SMARTS) is 1. The maximum Gasteiger partial charge on any atom is 0.339 e. The Labute approximate surface area is 152 Å². The molecule has 0 aromatic rings. The van der Waals surface area contributed by atoms with E-state index in [9.17, 15) is 24.8 Å². The molecule has 0 radical (unpaired) electrons. The second-order valence-electron chi connectivity index (χ2n) is 8.00. The highest BCUT2D eigenvalue weighted by molar-refractivity contribution is 6.19. The van der Waals surface area contributed by atoms with Crippen LogP contribution in [0, 0.1) is 45.8 Å². The van der Waals surface area contributed by atoms with Crippen LogP contribution in [0.5, 0.6) is 0 Å². The number of ketones is 2. The highest BCUT2D eigenvalue weighted by Gasteiger charge is 2.60. The van der Waals surface area contributed by atoms with Crippen molar-refractivity contribution in [3.63, 3.8) is 0 Å². The van der Waals surface area contributed by atoms with Gasteiger partial charge in [0.15, 0.2) is 11.6 Å². The van der Waals surface area contributed by atoms with Crippen molar-refractivity contribution < 1.29 is 19.5 Å². The number of rotatable bonds is 1. The molecule has 0 spiro atoms. The summed E-state index contributed by atoms with van der Waals surface area (Å²) in [4.78, 5) is 36.8. The fourth-order valence-electron chi connectivity index (χ4n) is 5.03. The summed E-state index contributed by atoms with van der Waals surface area (Å²) in [7, 11) is 0. The highest BCUT2D eigenvalue weighted by Crippen LogP contribution is 2.63. The van der Waals surface area contributed by atoms with E-state index in [4.69, 9.17) is 6.42 Å². The first-order chi connectivity index (χ1) is 12.0. The Balaban J connectivity index is 2.31. The minimum atomic E-state index is -1.28. The summed E-state index contributed by atoms with van der Waals surface area (Å²) in [6.07, 6.45) is 11.3. The number of nitrogens with zero attached hydrogens (tertiary/aromatic N) is 1. The molecule has 0 saturated heterocycles. The predicted octanol–water partition coefficient (Wildman–Crippen LogP) is 2.60. The number of fused-ring (bicyclic) bond motifs is 3. The number of carbonyl (C=O) groups is 3. The van der Waals surface area contributed by atoms with Crippen molar-refractivity contribution in [2.45, 2.75) is 33.6 Å². The Kier molecular flexibility index (Phi) is 3.64. The lowest BCUT2D eigenvalue weighted by molar-refractivity contribution is -0.140. The van der Waals surface area contributed by atoms with Gasteiger partial charge in [0.2, 0.25) is 0 Å². The van der Waals surface area contributed by atoms with Crippen molar-refractivity contribution in [3.8, 4) is 18.4 Å². The van der Waals surface area contributed by atoms with Gasteiger partial charge in [-0.05, 0) is 36.5 Å². The van der Waals surface area contributed by atoms with E-state index >= 15 is 0 Å². The zero-order valence-electron chi connectivity index (χ0n) is 14.9. The quantitative estimate of drug-likeness (QED) is 0.580. The van der Waals surface area contributed by atoms with E-state index < -0.39 is 33.8 Å². The average molecular weight is 349 g/mol. The maximum absolute atomic E-state index is 12.7. The van der Waals surface area contributed by atoms with Crippen molar-refractivity contribution in [2.75, 3.05) is 0 Å². The van der Waals surface area contributed by atoms with Crippen LogP contribution < -0.4 is 0 Å². The van der Waals surface area contributed by atoms with E-state index in [1.165, 1.54) is 18.2 Å². The summed E-state index contributed by atoms with van der Waals surface area (Å²) in [5.74, 6) is 0.421. The van der Waals surface area contributed by atoms with Crippen LogP contribution >= 0.6 is 0 Å². The largest absolute Gasteiger partial charge is 0.478 e. The molecule has 3 atom stereocenters. The SMILES string of the molecule is C#C[C@]12C=C(C#N)C(=O)C=C1[C@@]1(C)C=C(C(=O)O)C(=O)C(C)(C)[C@@H]1CC2. The molecule has 0 aliphatic heterocycles. The van der Waals surface area contributed by atoms with Gasteiger partial charge in [-0.2, -0.15) is 5.26 Å². The number of carbonyl (C=O) groups excluding carboxylic acids is 2. The zero-order valence-corrected chi connectivity index (χ0v) is 14.9. The van der Waals surface area contributed by atoms with Gasteiger partial charge in [0, 0.05) is 10.8 Å². The average Bonchev–Trinajstić information content (AvgIpc) is 2.58. The number of hydrogen-bond acceptors (Lipinski definition) is 4. The topological polar surface area (TPSA) is 95.2 Å². The van der Waals surface area contributed by atoms with E-state index in [1.807, 2.05) is 13.0 Å².